The molecular formula is C28H63Cl2NOTi. The Labute approximate surface area is 238 Å². The van der Waals surface area contributed by atoms with E-state index in [1.165, 1.54) is 122 Å². The number of halogens is 2. The quantitative estimate of drug-likeness (QED) is 0.0815. The molecule has 0 fully saturated rings. The van der Waals surface area contributed by atoms with Gasteiger partial charge in [-0.15, -0.1) is 37.9 Å². The van der Waals surface area contributed by atoms with Crippen molar-refractivity contribution in [2.24, 2.45) is 0 Å². The van der Waals surface area contributed by atoms with Gasteiger partial charge >= 0.3 is 21.7 Å². The Morgan fingerprint density at radius 3 is 0.970 bits per heavy atom. The summed E-state index contributed by atoms with van der Waals surface area (Å²) in [6, 6.07) is 0. The molecule has 0 aliphatic carbocycles. The van der Waals surface area contributed by atoms with Gasteiger partial charge in [-0.3, -0.25) is 0 Å². The average molecular weight is 549 g/mol. The van der Waals surface area contributed by atoms with E-state index in [-0.39, 0.29) is 46.5 Å². The van der Waals surface area contributed by atoms with Gasteiger partial charge in [0.15, 0.2) is 0 Å². The summed E-state index contributed by atoms with van der Waals surface area (Å²) < 4.78 is 0. The second-order valence-electron chi connectivity index (χ2n) is 8.40. The predicted molar refractivity (Wildman–Crippen MR) is 155 cm³/mol. The molecular weight excluding hydrogens is 485 g/mol. The van der Waals surface area contributed by atoms with E-state index < -0.39 is 0 Å². The molecule has 0 saturated heterocycles. The molecule has 0 atom stereocenters. The van der Waals surface area contributed by atoms with Gasteiger partial charge in [-0.25, -0.2) is 0 Å². The van der Waals surface area contributed by atoms with Crippen LogP contribution < -0.4 is 0 Å². The first-order valence-corrected chi connectivity index (χ1v) is 13.8. The topological polar surface area (TPSA) is 34.3 Å². The second-order valence-corrected chi connectivity index (χ2v) is 8.40. The zero-order chi connectivity index (χ0) is 23.0. The summed E-state index contributed by atoms with van der Waals surface area (Å²) >= 11 is 0. The Morgan fingerprint density at radius 2 is 0.697 bits per heavy atom. The summed E-state index contributed by atoms with van der Waals surface area (Å²) in [4.78, 5) is 0. The fourth-order valence-electron chi connectivity index (χ4n) is 3.37. The molecule has 0 aromatic rings. The molecule has 0 spiro atoms. The number of hydrogen-bond donors (Lipinski definition) is 1. The normalized spacial score (nSPS) is 9.27. The number of aliphatic hydroxyl groups is 1. The van der Waals surface area contributed by atoms with Crippen LogP contribution in [-0.4, -0.2) is 24.8 Å². The maximum absolute atomic E-state index is 8.29. The Hall–Kier alpha value is 1.21. The number of hydrogen-bond acceptors (Lipinski definition) is 1. The zero-order valence-electron chi connectivity index (χ0n) is 23.2. The smallest absolute Gasteiger partial charge is 0.662 e. The largest absolute Gasteiger partial charge is 2.00 e. The third-order valence-electron chi connectivity index (χ3n) is 5.35. The van der Waals surface area contributed by atoms with E-state index in [9.17, 15) is 0 Å². The standard InChI is InChI=1S/C20H42N.C6H14O.C2H5.2ClH.Ti/c1-3-5-7-9-11-13-15-17-19-21-20-18-16-14-12-10-8-6-4-2;1-2-3-4-5-6-7;1-2;;;/h3-20H2,1-2H3;7H,2-6H2,1H3;1H2,2H3;2*1H;/q-1;;-1;;;+2. The van der Waals surface area contributed by atoms with Gasteiger partial charge in [0.2, 0.25) is 0 Å². The Morgan fingerprint density at radius 1 is 0.455 bits per heavy atom. The van der Waals surface area contributed by atoms with Crippen LogP contribution >= 0.6 is 24.8 Å². The summed E-state index contributed by atoms with van der Waals surface area (Å²) in [5, 5.41) is 13.0. The van der Waals surface area contributed by atoms with Gasteiger partial charge < -0.3 is 17.3 Å². The van der Waals surface area contributed by atoms with Crippen molar-refractivity contribution < 1.29 is 26.8 Å². The molecule has 0 aliphatic rings. The molecule has 0 heterocycles. The molecule has 0 aliphatic heterocycles. The number of aliphatic hydroxyl groups excluding tert-OH is 1. The van der Waals surface area contributed by atoms with Crippen LogP contribution in [0.25, 0.3) is 5.32 Å². The SMILES string of the molecule is CCCCCCCCCC[N-]CCCCCCCCCC.CCCCCCO.Cl.Cl.[CH2-]C.[Ti+2]. The minimum atomic E-state index is 0. The van der Waals surface area contributed by atoms with Crippen molar-refractivity contribution >= 4 is 24.8 Å². The Balaban J connectivity index is -0.000000130. The molecule has 0 radical (unpaired) electrons. The molecule has 0 aromatic heterocycles. The van der Waals surface area contributed by atoms with E-state index in [1.54, 1.807) is 6.92 Å². The van der Waals surface area contributed by atoms with Crippen LogP contribution in [0.5, 0.6) is 0 Å². The number of nitrogens with zero attached hydrogens (tertiary/aromatic N) is 1. The van der Waals surface area contributed by atoms with E-state index in [0.29, 0.717) is 6.61 Å². The van der Waals surface area contributed by atoms with Gasteiger partial charge in [0.05, 0.1) is 0 Å². The van der Waals surface area contributed by atoms with E-state index in [1.807, 2.05) is 0 Å². The zero-order valence-corrected chi connectivity index (χ0v) is 26.4. The van der Waals surface area contributed by atoms with Crippen molar-refractivity contribution in [3.8, 4) is 0 Å². The van der Waals surface area contributed by atoms with Crippen LogP contribution in [0, 0.1) is 6.92 Å². The fraction of sp³-hybridized carbons (Fsp3) is 0.964. The molecule has 0 bridgehead atoms. The first-order valence-electron chi connectivity index (χ1n) is 13.8. The van der Waals surface area contributed by atoms with E-state index >= 15 is 0 Å². The Bertz CT molecular complexity index is 228. The fourth-order valence-corrected chi connectivity index (χ4v) is 3.37. The molecule has 0 rings (SSSR count). The van der Waals surface area contributed by atoms with Crippen LogP contribution in [-0.2, 0) is 21.7 Å². The van der Waals surface area contributed by atoms with Crippen molar-refractivity contribution in [1.29, 1.82) is 0 Å². The molecule has 0 aromatic carbocycles. The maximum Gasteiger partial charge on any atom is 2.00 e. The molecule has 0 unspecified atom stereocenters. The second kappa shape index (κ2) is 54.2. The van der Waals surface area contributed by atoms with Crippen LogP contribution in [0.15, 0.2) is 0 Å². The molecule has 33 heavy (non-hydrogen) atoms. The van der Waals surface area contributed by atoms with Crippen LogP contribution in [0.4, 0.5) is 0 Å². The first kappa shape index (κ1) is 47.4. The van der Waals surface area contributed by atoms with Crippen LogP contribution in [0.1, 0.15) is 156 Å². The van der Waals surface area contributed by atoms with Gasteiger partial charge in [0.25, 0.3) is 0 Å². The van der Waals surface area contributed by atoms with Crippen molar-refractivity contribution in [1.82, 2.24) is 0 Å². The molecule has 1 N–H and O–H groups in total. The summed E-state index contributed by atoms with van der Waals surface area (Å²) in [7, 11) is 0. The van der Waals surface area contributed by atoms with Gasteiger partial charge in [0, 0.05) is 6.61 Å². The summed E-state index contributed by atoms with van der Waals surface area (Å²) in [6.45, 7) is 14.3. The third kappa shape index (κ3) is 60.1. The van der Waals surface area contributed by atoms with Gasteiger partial charge in [-0.05, 0) is 6.42 Å². The molecule has 204 valence electrons. The first-order chi connectivity index (χ1) is 14.8. The molecule has 0 saturated carbocycles. The van der Waals surface area contributed by atoms with Crippen LogP contribution in [0.2, 0.25) is 0 Å². The molecule has 5 heteroatoms. The van der Waals surface area contributed by atoms with E-state index in [0.717, 1.165) is 19.5 Å². The van der Waals surface area contributed by atoms with Gasteiger partial charge in [-0.2, -0.15) is 6.92 Å². The molecule has 2 nitrogen and oxygen atoms in total. The minimum Gasteiger partial charge on any atom is -0.662 e. The molecule has 0 amide bonds. The number of unbranched alkanes of at least 4 members (excludes halogenated alkanes) is 17. The Kier molecular flexibility index (Phi) is 77.9. The van der Waals surface area contributed by atoms with E-state index in [2.05, 4.69) is 33.0 Å². The minimum absolute atomic E-state index is 0. The van der Waals surface area contributed by atoms with Crippen molar-refractivity contribution in [2.45, 2.75) is 156 Å². The summed E-state index contributed by atoms with van der Waals surface area (Å²) in [5.41, 5.74) is 0. The predicted octanol–water partition coefficient (Wildman–Crippen LogP) is 10.9. The van der Waals surface area contributed by atoms with Gasteiger partial charge in [0.1, 0.15) is 0 Å². The average Bonchev–Trinajstić information content (AvgIpc) is 2.78. The van der Waals surface area contributed by atoms with Crippen molar-refractivity contribution in [3.05, 3.63) is 12.2 Å². The van der Waals surface area contributed by atoms with Gasteiger partial charge in [-0.1, -0.05) is 143 Å². The van der Waals surface area contributed by atoms with Crippen molar-refractivity contribution in [3.63, 3.8) is 0 Å². The maximum atomic E-state index is 8.29. The summed E-state index contributed by atoms with van der Waals surface area (Å²) in [6.07, 6.45) is 27.2. The van der Waals surface area contributed by atoms with Crippen LogP contribution in [0.3, 0.4) is 0 Å². The summed E-state index contributed by atoms with van der Waals surface area (Å²) in [5.74, 6) is 0. The van der Waals surface area contributed by atoms with Crippen molar-refractivity contribution in [2.75, 3.05) is 19.7 Å². The number of rotatable bonds is 22. The monoisotopic (exact) mass is 547 g/mol. The third-order valence-corrected chi connectivity index (χ3v) is 5.35. The van der Waals surface area contributed by atoms with E-state index in [4.69, 9.17) is 5.11 Å².